The average Bonchev–Trinajstić information content (AvgIpc) is 3.39. The van der Waals surface area contributed by atoms with Crippen molar-refractivity contribution in [3.8, 4) is 0 Å². The quantitative estimate of drug-likeness (QED) is 0.804. The number of nitrogens with one attached hydrogen (secondary N) is 2. The molecule has 0 bridgehead atoms. The Hall–Kier alpha value is -2.37. The van der Waals surface area contributed by atoms with Crippen LogP contribution in [-0.4, -0.2) is 30.9 Å². The fraction of sp³-hybridized carbons (Fsp3) is 0.438. The van der Waals surface area contributed by atoms with E-state index in [9.17, 15) is 14.4 Å². The summed E-state index contributed by atoms with van der Waals surface area (Å²) in [5.41, 5.74) is 0.903. The summed E-state index contributed by atoms with van der Waals surface area (Å²) in [6.45, 7) is 0. The van der Waals surface area contributed by atoms with Crippen molar-refractivity contribution in [1.29, 1.82) is 0 Å². The molecule has 2 N–H and O–H groups in total. The van der Waals surface area contributed by atoms with E-state index in [1.165, 1.54) is 7.11 Å². The van der Waals surface area contributed by atoms with Crippen molar-refractivity contribution in [2.75, 3.05) is 12.4 Å². The molecular weight excluding hydrogens is 284 g/mol. The third kappa shape index (κ3) is 3.27. The normalized spacial score (nSPS) is 22.6. The Morgan fingerprint density at radius 2 is 1.86 bits per heavy atom. The van der Waals surface area contributed by atoms with Gasteiger partial charge in [-0.05, 0) is 37.5 Å². The van der Waals surface area contributed by atoms with Gasteiger partial charge in [0.15, 0.2) is 0 Å². The molecule has 0 radical (unpaired) electrons. The van der Waals surface area contributed by atoms with Crippen LogP contribution in [0.3, 0.4) is 0 Å². The van der Waals surface area contributed by atoms with E-state index >= 15 is 0 Å². The highest BCUT2D eigenvalue weighted by atomic mass is 16.5. The van der Waals surface area contributed by atoms with Gasteiger partial charge in [0.2, 0.25) is 11.8 Å². The summed E-state index contributed by atoms with van der Waals surface area (Å²) >= 11 is 0. The maximum atomic E-state index is 12.1. The zero-order valence-electron chi connectivity index (χ0n) is 12.3. The largest absolute Gasteiger partial charge is 0.465 e. The van der Waals surface area contributed by atoms with Crippen LogP contribution < -0.4 is 10.6 Å². The second kappa shape index (κ2) is 5.79. The van der Waals surface area contributed by atoms with Gasteiger partial charge in [0.05, 0.1) is 24.5 Å². The fourth-order valence-corrected chi connectivity index (χ4v) is 2.39. The second-order valence-corrected chi connectivity index (χ2v) is 5.79. The minimum atomic E-state index is -0.454. The molecule has 6 heteroatoms. The molecule has 0 spiro atoms. The minimum Gasteiger partial charge on any atom is -0.465 e. The van der Waals surface area contributed by atoms with Gasteiger partial charge in [-0.25, -0.2) is 4.79 Å². The van der Waals surface area contributed by atoms with Gasteiger partial charge in [-0.15, -0.1) is 0 Å². The van der Waals surface area contributed by atoms with Gasteiger partial charge >= 0.3 is 5.97 Å². The summed E-state index contributed by atoms with van der Waals surface area (Å²) in [7, 11) is 1.31. The van der Waals surface area contributed by atoms with Crippen LogP contribution in [0.4, 0.5) is 5.69 Å². The minimum absolute atomic E-state index is 0.0223. The summed E-state index contributed by atoms with van der Waals surface area (Å²) in [6.07, 6.45) is 2.66. The van der Waals surface area contributed by atoms with Crippen molar-refractivity contribution in [2.24, 2.45) is 11.8 Å². The first kappa shape index (κ1) is 14.6. The molecule has 2 amide bonds. The molecule has 116 valence electrons. The number of hydrogen-bond donors (Lipinski definition) is 2. The number of esters is 1. The first-order valence-corrected chi connectivity index (χ1v) is 7.38. The van der Waals surface area contributed by atoms with Gasteiger partial charge in [-0.1, -0.05) is 6.07 Å². The van der Waals surface area contributed by atoms with Crippen LogP contribution >= 0.6 is 0 Å². The molecule has 2 unspecified atom stereocenters. The number of rotatable bonds is 5. The lowest BCUT2D eigenvalue weighted by molar-refractivity contribution is -0.125. The molecule has 0 saturated heterocycles. The summed E-state index contributed by atoms with van der Waals surface area (Å²) < 4.78 is 4.64. The lowest BCUT2D eigenvalue weighted by atomic mass is 10.2. The molecule has 3 rings (SSSR count). The first-order valence-electron chi connectivity index (χ1n) is 7.38. The fourth-order valence-electron chi connectivity index (χ4n) is 2.39. The molecule has 0 aliphatic heterocycles. The van der Waals surface area contributed by atoms with E-state index in [2.05, 4.69) is 15.4 Å². The summed E-state index contributed by atoms with van der Waals surface area (Å²) in [5.74, 6) is -1.15. The Balaban J connectivity index is 1.56. The van der Waals surface area contributed by atoms with E-state index in [4.69, 9.17) is 0 Å². The lowest BCUT2D eigenvalue weighted by Gasteiger charge is -2.07. The molecule has 0 heterocycles. The molecule has 2 aliphatic rings. The van der Waals surface area contributed by atoms with Crippen LogP contribution in [0, 0.1) is 11.8 Å². The Labute approximate surface area is 128 Å². The summed E-state index contributed by atoms with van der Waals surface area (Å²) in [5, 5.41) is 5.67. The Morgan fingerprint density at radius 1 is 1.14 bits per heavy atom. The molecular formula is C16H18N2O4. The topological polar surface area (TPSA) is 84.5 Å². The van der Waals surface area contributed by atoms with Crippen molar-refractivity contribution < 1.29 is 19.1 Å². The van der Waals surface area contributed by atoms with Crippen molar-refractivity contribution in [3.05, 3.63) is 29.8 Å². The van der Waals surface area contributed by atoms with Crippen molar-refractivity contribution in [3.63, 3.8) is 0 Å². The van der Waals surface area contributed by atoms with Gasteiger partial charge in [-0.3, -0.25) is 9.59 Å². The number of benzene rings is 1. The van der Waals surface area contributed by atoms with Crippen LogP contribution in [0.1, 0.15) is 29.6 Å². The van der Waals surface area contributed by atoms with Crippen molar-refractivity contribution in [1.82, 2.24) is 5.32 Å². The van der Waals surface area contributed by atoms with E-state index in [1.807, 2.05) is 0 Å². The number of carbonyl (C=O) groups excluding carboxylic acids is 3. The highest BCUT2D eigenvalue weighted by Gasteiger charge is 2.48. The van der Waals surface area contributed by atoms with Crippen LogP contribution in [0.2, 0.25) is 0 Å². The zero-order chi connectivity index (χ0) is 15.7. The van der Waals surface area contributed by atoms with E-state index in [0.29, 0.717) is 23.7 Å². The van der Waals surface area contributed by atoms with Crippen LogP contribution in [0.5, 0.6) is 0 Å². The van der Waals surface area contributed by atoms with E-state index in [1.54, 1.807) is 24.3 Å². The average molecular weight is 302 g/mol. The second-order valence-electron chi connectivity index (χ2n) is 5.79. The maximum Gasteiger partial charge on any atom is 0.337 e. The number of ether oxygens (including phenoxy) is 1. The molecule has 6 nitrogen and oxygen atoms in total. The van der Waals surface area contributed by atoms with Gasteiger partial charge in [0, 0.05) is 11.7 Å². The highest BCUT2D eigenvalue weighted by molar-refractivity contribution is 6.00. The Morgan fingerprint density at radius 3 is 2.55 bits per heavy atom. The number of amides is 2. The van der Waals surface area contributed by atoms with Gasteiger partial charge in [0.1, 0.15) is 0 Å². The third-order valence-corrected chi connectivity index (χ3v) is 3.94. The molecule has 1 aromatic carbocycles. The molecule has 22 heavy (non-hydrogen) atoms. The number of methoxy groups -OCH3 is 1. The van der Waals surface area contributed by atoms with Crippen LogP contribution in [0.25, 0.3) is 0 Å². The zero-order valence-corrected chi connectivity index (χ0v) is 12.3. The van der Waals surface area contributed by atoms with Crippen LogP contribution in [-0.2, 0) is 14.3 Å². The maximum absolute atomic E-state index is 12.1. The molecule has 2 atom stereocenters. The standard InChI is InChI=1S/C16H18N2O4/c1-22-16(21)9-3-2-4-11(7-9)18-15(20)13-8-12(13)14(19)17-10-5-6-10/h2-4,7,10,12-13H,5-6,8H2,1H3,(H,17,19)(H,18,20). The van der Waals surface area contributed by atoms with Gasteiger partial charge in [0.25, 0.3) is 0 Å². The van der Waals surface area contributed by atoms with E-state index in [-0.39, 0.29) is 23.7 Å². The molecule has 0 aromatic heterocycles. The third-order valence-electron chi connectivity index (χ3n) is 3.94. The highest BCUT2D eigenvalue weighted by Crippen LogP contribution is 2.40. The number of hydrogen-bond acceptors (Lipinski definition) is 4. The number of carbonyl (C=O) groups is 3. The van der Waals surface area contributed by atoms with Crippen molar-refractivity contribution >= 4 is 23.5 Å². The molecule has 2 aliphatic carbocycles. The molecule has 1 aromatic rings. The lowest BCUT2D eigenvalue weighted by Crippen LogP contribution is -2.29. The predicted octanol–water partition coefficient (Wildman–Crippen LogP) is 1.33. The smallest absolute Gasteiger partial charge is 0.337 e. The van der Waals surface area contributed by atoms with Gasteiger partial charge < -0.3 is 15.4 Å². The first-order chi connectivity index (χ1) is 10.6. The molecule has 2 fully saturated rings. The predicted molar refractivity (Wildman–Crippen MR) is 79.2 cm³/mol. The van der Waals surface area contributed by atoms with Crippen molar-refractivity contribution in [2.45, 2.75) is 25.3 Å². The number of anilines is 1. The van der Waals surface area contributed by atoms with Gasteiger partial charge in [-0.2, -0.15) is 0 Å². The SMILES string of the molecule is COC(=O)c1cccc(NC(=O)C2CC2C(=O)NC2CC2)c1. The van der Waals surface area contributed by atoms with E-state index in [0.717, 1.165) is 12.8 Å². The Kier molecular flexibility index (Phi) is 3.83. The van der Waals surface area contributed by atoms with E-state index < -0.39 is 5.97 Å². The monoisotopic (exact) mass is 302 g/mol. The van der Waals surface area contributed by atoms with Crippen LogP contribution in [0.15, 0.2) is 24.3 Å². The Bertz CT molecular complexity index is 624. The summed E-state index contributed by atoms with van der Waals surface area (Å²) in [4.78, 5) is 35.4. The summed E-state index contributed by atoms with van der Waals surface area (Å²) in [6, 6.07) is 6.86. The molecule has 2 saturated carbocycles.